The van der Waals surface area contributed by atoms with Crippen molar-refractivity contribution in [2.45, 2.75) is 13.8 Å². The number of ether oxygens (including phenoxy) is 2. The Morgan fingerprint density at radius 3 is 2.64 bits per heavy atom. The molecule has 0 spiro atoms. The third-order valence-corrected chi connectivity index (χ3v) is 4.76. The van der Waals surface area contributed by atoms with Crippen LogP contribution in [0, 0.1) is 0 Å². The smallest absolute Gasteiger partial charge is 0.266 e. The quantitative estimate of drug-likeness (QED) is 0.589. The molecule has 118 valence electrons. The Morgan fingerprint density at radius 1 is 1.36 bits per heavy atom. The molecule has 1 heterocycles. The highest BCUT2D eigenvalue weighted by Gasteiger charge is 2.30. The van der Waals surface area contributed by atoms with E-state index >= 15 is 0 Å². The maximum Gasteiger partial charge on any atom is 0.266 e. The molecule has 1 fully saturated rings. The topological polar surface area (TPSA) is 38.8 Å². The molecule has 1 aromatic carbocycles. The van der Waals surface area contributed by atoms with Crippen LogP contribution in [0.5, 0.6) is 11.5 Å². The molecule has 0 aromatic heterocycles. The molecule has 0 unspecified atom stereocenters. The van der Waals surface area contributed by atoms with Crippen molar-refractivity contribution in [3.05, 3.63) is 27.6 Å². The van der Waals surface area contributed by atoms with Gasteiger partial charge in [0.1, 0.15) is 4.32 Å². The molecule has 1 aliphatic rings. The fraction of sp³-hybridized carbons (Fsp3) is 0.333. The van der Waals surface area contributed by atoms with E-state index in [0.717, 1.165) is 0 Å². The number of carbonyl (C=O) groups excluding carboxylic acids is 1. The van der Waals surface area contributed by atoms with E-state index in [1.807, 2.05) is 13.8 Å². The summed E-state index contributed by atoms with van der Waals surface area (Å²) in [5.41, 5.74) is 0.697. The molecule has 4 nitrogen and oxygen atoms in total. The summed E-state index contributed by atoms with van der Waals surface area (Å²) in [6.07, 6.45) is 1.74. The molecular formula is C15H16ClNO3S2. The third-order valence-electron chi connectivity index (χ3n) is 3.06. The van der Waals surface area contributed by atoms with Crippen molar-refractivity contribution >= 4 is 51.9 Å². The Hall–Kier alpha value is -1.24. The lowest BCUT2D eigenvalue weighted by molar-refractivity contribution is -0.121. The predicted octanol–water partition coefficient (Wildman–Crippen LogP) is 3.97. The summed E-state index contributed by atoms with van der Waals surface area (Å²) in [6, 6.07) is 3.45. The number of likely N-dealkylation sites (N-methyl/N-ethyl adjacent to an activating group) is 1. The number of hydrogen-bond donors (Lipinski definition) is 0. The van der Waals surface area contributed by atoms with Crippen LogP contribution in [0.4, 0.5) is 0 Å². The average molecular weight is 358 g/mol. The summed E-state index contributed by atoms with van der Waals surface area (Å²) in [6.45, 7) is 4.85. The van der Waals surface area contributed by atoms with Crippen LogP contribution in [-0.2, 0) is 4.79 Å². The fourth-order valence-electron chi connectivity index (χ4n) is 2.00. The minimum atomic E-state index is -0.0951. The van der Waals surface area contributed by atoms with Gasteiger partial charge in [-0.05, 0) is 31.6 Å². The number of amides is 1. The van der Waals surface area contributed by atoms with E-state index in [2.05, 4.69) is 0 Å². The molecule has 0 atom stereocenters. The van der Waals surface area contributed by atoms with Crippen LogP contribution in [-0.4, -0.2) is 35.4 Å². The number of thiocarbonyl (C=S) groups is 1. The minimum Gasteiger partial charge on any atom is -0.493 e. The Labute approximate surface area is 144 Å². The van der Waals surface area contributed by atoms with E-state index in [-0.39, 0.29) is 5.91 Å². The molecule has 1 saturated heterocycles. The monoisotopic (exact) mass is 357 g/mol. The first kappa shape index (κ1) is 17.1. The van der Waals surface area contributed by atoms with Crippen molar-refractivity contribution in [2.75, 3.05) is 20.3 Å². The van der Waals surface area contributed by atoms with Gasteiger partial charge in [-0.1, -0.05) is 35.6 Å². The van der Waals surface area contributed by atoms with Gasteiger partial charge in [-0.3, -0.25) is 9.69 Å². The Bertz CT molecular complexity index is 646. The maximum absolute atomic E-state index is 12.2. The number of halogens is 1. The van der Waals surface area contributed by atoms with Crippen molar-refractivity contribution in [2.24, 2.45) is 0 Å². The van der Waals surface area contributed by atoms with Crippen LogP contribution < -0.4 is 9.47 Å². The molecule has 1 aromatic rings. The van der Waals surface area contributed by atoms with E-state index in [0.29, 0.717) is 44.5 Å². The third kappa shape index (κ3) is 3.39. The molecule has 0 saturated carbocycles. The van der Waals surface area contributed by atoms with Gasteiger partial charge < -0.3 is 9.47 Å². The zero-order valence-corrected chi connectivity index (χ0v) is 14.9. The predicted molar refractivity (Wildman–Crippen MR) is 94.7 cm³/mol. The number of nitrogens with zero attached hydrogens (tertiary/aromatic N) is 1. The lowest BCUT2D eigenvalue weighted by Gasteiger charge is -2.12. The second-order valence-electron chi connectivity index (χ2n) is 4.38. The first-order valence-electron chi connectivity index (χ1n) is 6.77. The standard InChI is InChI=1S/C15H16ClNO3S2/c1-4-17-14(18)13(22-15(17)21)7-9-6-12(20-5-2)11(19-3)8-10(9)16/h6-8H,4-5H2,1-3H3/b13-7-. The van der Waals surface area contributed by atoms with Gasteiger partial charge in [-0.25, -0.2) is 0 Å². The van der Waals surface area contributed by atoms with Crippen LogP contribution >= 0.6 is 35.6 Å². The summed E-state index contributed by atoms with van der Waals surface area (Å²) in [7, 11) is 1.56. The molecule has 0 radical (unpaired) electrons. The summed E-state index contributed by atoms with van der Waals surface area (Å²) < 4.78 is 11.3. The van der Waals surface area contributed by atoms with Crippen LogP contribution in [0.15, 0.2) is 17.0 Å². The van der Waals surface area contributed by atoms with E-state index in [4.69, 9.17) is 33.3 Å². The van der Waals surface area contributed by atoms with Crippen molar-refractivity contribution in [1.29, 1.82) is 0 Å². The van der Waals surface area contributed by atoms with Crippen LogP contribution in [0.1, 0.15) is 19.4 Å². The summed E-state index contributed by atoms with van der Waals surface area (Å²) in [5.74, 6) is 1.05. The van der Waals surface area contributed by atoms with E-state index in [1.165, 1.54) is 11.8 Å². The molecule has 7 heteroatoms. The zero-order chi connectivity index (χ0) is 16.3. The Balaban J connectivity index is 2.41. The van der Waals surface area contributed by atoms with Crippen molar-refractivity contribution in [1.82, 2.24) is 4.90 Å². The van der Waals surface area contributed by atoms with Gasteiger partial charge in [0.25, 0.3) is 5.91 Å². The van der Waals surface area contributed by atoms with Crippen LogP contribution in [0.3, 0.4) is 0 Å². The average Bonchev–Trinajstić information content (AvgIpc) is 2.76. The summed E-state index contributed by atoms with van der Waals surface area (Å²) in [4.78, 5) is 14.4. The van der Waals surface area contributed by atoms with Crippen molar-refractivity contribution < 1.29 is 14.3 Å². The number of benzene rings is 1. The first-order valence-corrected chi connectivity index (χ1v) is 8.37. The van der Waals surface area contributed by atoms with E-state index in [1.54, 1.807) is 30.2 Å². The number of hydrogen-bond acceptors (Lipinski definition) is 5. The molecular weight excluding hydrogens is 342 g/mol. The number of methoxy groups -OCH3 is 1. The Kier molecular flexibility index (Phi) is 5.72. The van der Waals surface area contributed by atoms with E-state index in [9.17, 15) is 4.79 Å². The molecule has 0 N–H and O–H groups in total. The zero-order valence-electron chi connectivity index (χ0n) is 12.5. The highest BCUT2D eigenvalue weighted by Crippen LogP contribution is 2.37. The Morgan fingerprint density at radius 2 is 2.09 bits per heavy atom. The second kappa shape index (κ2) is 7.35. The molecule has 0 bridgehead atoms. The van der Waals surface area contributed by atoms with Gasteiger partial charge in [0.2, 0.25) is 0 Å². The van der Waals surface area contributed by atoms with Crippen molar-refractivity contribution in [3.63, 3.8) is 0 Å². The summed E-state index contributed by atoms with van der Waals surface area (Å²) in [5, 5.41) is 0.488. The highest BCUT2D eigenvalue weighted by atomic mass is 35.5. The first-order chi connectivity index (χ1) is 10.5. The molecule has 22 heavy (non-hydrogen) atoms. The number of rotatable bonds is 5. The van der Waals surface area contributed by atoms with E-state index < -0.39 is 0 Å². The molecule has 0 aliphatic carbocycles. The van der Waals surface area contributed by atoms with Gasteiger partial charge in [0.15, 0.2) is 11.5 Å². The lowest BCUT2D eigenvalue weighted by atomic mass is 10.1. The van der Waals surface area contributed by atoms with Crippen LogP contribution in [0.25, 0.3) is 6.08 Å². The largest absolute Gasteiger partial charge is 0.493 e. The van der Waals surface area contributed by atoms with Gasteiger partial charge in [0.05, 0.1) is 23.6 Å². The van der Waals surface area contributed by atoms with Crippen LogP contribution in [0.2, 0.25) is 5.02 Å². The second-order valence-corrected chi connectivity index (χ2v) is 6.47. The number of carbonyl (C=O) groups is 1. The van der Waals surface area contributed by atoms with Crippen molar-refractivity contribution in [3.8, 4) is 11.5 Å². The van der Waals surface area contributed by atoms with Gasteiger partial charge in [0, 0.05) is 12.6 Å². The fourth-order valence-corrected chi connectivity index (χ4v) is 3.59. The highest BCUT2D eigenvalue weighted by molar-refractivity contribution is 8.26. The van der Waals surface area contributed by atoms with Gasteiger partial charge in [-0.2, -0.15) is 0 Å². The molecule has 1 amide bonds. The van der Waals surface area contributed by atoms with Gasteiger partial charge >= 0.3 is 0 Å². The SMILES string of the molecule is CCOc1cc(/C=C2\SC(=S)N(CC)C2=O)c(Cl)cc1OC. The van der Waals surface area contributed by atoms with Gasteiger partial charge in [-0.15, -0.1) is 0 Å². The lowest BCUT2D eigenvalue weighted by Crippen LogP contribution is -2.27. The summed E-state index contributed by atoms with van der Waals surface area (Å²) >= 11 is 12.7. The maximum atomic E-state index is 12.2. The number of thioether (sulfide) groups is 1. The normalized spacial score (nSPS) is 16.5. The molecule has 1 aliphatic heterocycles. The molecule has 2 rings (SSSR count). The minimum absolute atomic E-state index is 0.0951.